The van der Waals surface area contributed by atoms with Crippen molar-refractivity contribution in [1.29, 1.82) is 0 Å². The maximum absolute atomic E-state index is 12.8. The highest BCUT2D eigenvalue weighted by Gasteiger charge is 2.61. The van der Waals surface area contributed by atoms with Crippen LogP contribution in [0.1, 0.15) is 40.0 Å². The average molecular weight is 351 g/mol. The summed E-state index contributed by atoms with van der Waals surface area (Å²) < 4.78 is 4.83. The van der Waals surface area contributed by atoms with Crippen LogP contribution in [0.5, 0.6) is 0 Å². The van der Waals surface area contributed by atoms with Gasteiger partial charge in [0.1, 0.15) is 11.6 Å². The Hall–Kier alpha value is -1.89. The molecule has 1 heterocycles. The Morgan fingerprint density at radius 3 is 2.52 bits per heavy atom. The fourth-order valence-corrected chi connectivity index (χ4v) is 3.34. The Labute approximate surface area is 148 Å². The molecule has 140 valence electrons. The largest absolute Gasteiger partial charge is 0.467 e. The number of hydrogen-bond acceptors (Lipinski definition) is 5. The topological polar surface area (TPSA) is 102 Å². The van der Waals surface area contributed by atoms with E-state index < -0.39 is 29.0 Å². The number of rotatable bonds is 5. The van der Waals surface area contributed by atoms with Gasteiger partial charge in [-0.15, -0.1) is 6.58 Å². The molecule has 2 amide bonds. The number of carbonyl (C=O) groups is 3. The molecule has 1 unspecified atom stereocenters. The van der Waals surface area contributed by atoms with Crippen LogP contribution in [0.25, 0.3) is 0 Å². The molecule has 0 radical (unpaired) electrons. The average Bonchev–Trinajstić information content (AvgIpc) is 3.04. The second-order valence-corrected chi connectivity index (χ2v) is 8.03. The number of nitrogens with one attached hydrogen (secondary N) is 1. The normalized spacial score (nSPS) is 29.7. The summed E-state index contributed by atoms with van der Waals surface area (Å²) in [7, 11) is 1.29. The van der Waals surface area contributed by atoms with Crippen LogP contribution in [0.2, 0.25) is 0 Å². The van der Waals surface area contributed by atoms with Crippen molar-refractivity contribution in [3.05, 3.63) is 12.7 Å². The maximum atomic E-state index is 12.8. The second kappa shape index (κ2) is 6.78. The zero-order chi connectivity index (χ0) is 19.0. The highest BCUT2D eigenvalue weighted by molar-refractivity contribution is 5.96. The Balaban J connectivity index is 2.12. The molecule has 7 heteroatoms. The molecule has 0 aromatic carbocycles. The third-order valence-corrected chi connectivity index (χ3v) is 5.23. The highest BCUT2D eigenvalue weighted by atomic mass is 16.5. The molecule has 1 aliphatic heterocycles. The van der Waals surface area contributed by atoms with Crippen LogP contribution in [0, 0.1) is 11.3 Å². The van der Waals surface area contributed by atoms with Crippen molar-refractivity contribution in [2.24, 2.45) is 17.1 Å². The summed E-state index contributed by atoms with van der Waals surface area (Å²) in [5, 5.41) is 2.80. The zero-order valence-corrected chi connectivity index (χ0v) is 15.5. The maximum Gasteiger partial charge on any atom is 0.332 e. The molecular weight excluding hydrogens is 322 g/mol. The summed E-state index contributed by atoms with van der Waals surface area (Å²) in [5.74, 6) is -1.19. The minimum absolute atomic E-state index is 0.147. The lowest BCUT2D eigenvalue weighted by Crippen LogP contribution is -2.57. The summed E-state index contributed by atoms with van der Waals surface area (Å²) in [5.41, 5.74) is 4.64. The number of ether oxygens (including phenoxy) is 1. The van der Waals surface area contributed by atoms with Gasteiger partial charge in [0.05, 0.1) is 13.2 Å². The van der Waals surface area contributed by atoms with E-state index in [1.54, 1.807) is 11.0 Å². The number of likely N-dealkylation sites (tertiary alicyclic amines) is 1. The lowest BCUT2D eigenvalue weighted by atomic mass is 9.86. The molecule has 1 aliphatic carbocycles. The Kier molecular flexibility index (Phi) is 5.27. The number of nitrogens with zero attached hydrogens (tertiary/aromatic N) is 1. The standard InChI is InChI=1S/C18H29N3O4/c1-6-11-10-18(11,16(24)25-5)20-14(22)12-8-7-9-21(12)15(23)13(19)17(2,3)4/h6,11-13H,1,7-10,19H2,2-5H3,(H,20,22)/t11-,12+,13-,18?/m1/s1. The van der Waals surface area contributed by atoms with Gasteiger partial charge < -0.3 is 20.7 Å². The minimum atomic E-state index is -1.04. The summed E-state index contributed by atoms with van der Waals surface area (Å²) in [6, 6.07) is -1.29. The molecule has 1 saturated heterocycles. The van der Waals surface area contributed by atoms with Crippen molar-refractivity contribution >= 4 is 17.8 Å². The quantitative estimate of drug-likeness (QED) is 0.557. The number of esters is 1. The van der Waals surface area contributed by atoms with Gasteiger partial charge in [0.25, 0.3) is 0 Å². The molecule has 7 nitrogen and oxygen atoms in total. The van der Waals surface area contributed by atoms with E-state index in [9.17, 15) is 14.4 Å². The molecule has 0 spiro atoms. The molecular formula is C18H29N3O4. The van der Waals surface area contributed by atoms with E-state index >= 15 is 0 Å². The Bertz CT molecular complexity index is 583. The third-order valence-electron chi connectivity index (χ3n) is 5.23. The molecule has 25 heavy (non-hydrogen) atoms. The van der Waals surface area contributed by atoms with Gasteiger partial charge >= 0.3 is 5.97 Å². The van der Waals surface area contributed by atoms with Gasteiger partial charge in [0.15, 0.2) is 0 Å². The van der Waals surface area contributed by atoms with Gasteiger partial charge in [-0.2, -0.15) is 0 Å². The molecule has 0 aromatic heterocycles. The summed E-state index contributed by atoms with van der Waals surface area (Å²) in [6.45, 7) is 9.87. The fourth-order valence-electron chi connectivity index (χ4n) is 3.34. The molecule has 1 saturated carbocycles. The first-order valence-corrected chi connectivity index (χ1v) is 8.67. The summed E-state index contributed by atoms with van der Waals surface area (Å²) >= 11 is 0. The minimum Gasteiger partial charge on any atom is -0.467 e. The van der Waals surface area contributed by atoms with Crippen LogP contribution in [-0.4, -0.2) is 54.0 Å². The Morgan fingerprint density at radius 1 is 1.40 bits per heavy atom. The molecule has 0 aromatic rings. The van der Waals surface area contributed by atoms with Gasteiger partial charge in [-0.3, -0.25) is 9.59 Å². The van der Waals surface area contributed by atoms with Crippen LogP contribution in [-0.2, 0) is 19.1 Å². The van der Waals surface area contributed by atoms with Crippen LogP contribution >= 0.6 is 0 Å². The predicted octanol–water partition coefficient (Wildman–Crippen LogP) is 0.585. The van der Waals surface area contributed by atoms with Crippen LogP contribution < -0.4 is 11.1 Å². The van der Waals surface area contributed by atoms with Crippen LogP contribution in [0.4, 0.5) is 0 Å². The molecule has 2 rings (SSSR count). The lowest BCUT2D eigenvalue weighted by Gasteiger charge is -2.33. The van der Waals surface area contributed by atoms with Crippen molar-refractivity contribution in [3.63, 3.8) is 0 Å². The van der Waals surface area contributed by atoms with Crippen LogP contribution in [0.15, 0.2) is 12.7 Å². The zero-order valence-electron chi connectivity index (χ0n) is 15.5. The van der Waals surface area contributed by atoms with Crippen LogP contribution in [0.3, 0.4) is 0 Å². The smallest absolute Gasteiger partial charge is 0.332 e. The number of nitrogens with two attached hydrogens (primary N) is 1. The fraction of sp³-hybridized carbons (Fsp3) is 0.722. The third kappa shape index (κ3) is 3.56. The van der Waals surface area contributed by atoms with E-state index in [2.05, 4.69) is 11.9 Å². The van der Waals surface area contributed by atoms with E-state index in [1.807, 2.05) is 20.8 Å². The monoisotopic (exact) mass is 351 g/mol. The predicted molar refractivity (Wildman–Crippen MR) is 93.4 cm³/mol. The number of carbonyl (C=O) groups excluding carboxylic acids is 3. The van der Waals surface area contributed by atoms with E-state index in [0.717, 1.165) is 6.42 Å². The first-order valence-electron chi connectivity index (χ1n) is 8.67. The van der Waals surface area contributed by atoms with Gasteiger partial charge in [0.2, 0.25) is 11.8 Å². The van der Waals surface area contributed by atoms with E-state index in [-0.39, 0.29) is 17.7 Å². The van der Waals surface area contributed by atoms with E-state index in [0.29, 0.717) is 19.4 Å². The molecule has 0 bridgehead atoms. The summed E-state index contributed by atoms with van der Waals surface area (Å²) in [6.07, 6.45) is 3.41. The van der Waals surface area contributed by atoms with E-state index in [1.165, 1.54) is 7.11 Å². The van der Waals surface area contributed by atoms with Gasteiger partial charge in [-0.05, 0) is 24.7 Å². The summed E-state index contributed by atoms with van der Waals surface area (Å²) in [4.78, 5) is 39.1. The van der Waals surface area contributed by atoms with Crippen molar-refractivity contribution in [2.45, 2.75) is 57.7 Å². The highest BCUT2D eigenvalue weighted by Crippen LogP contribution is 2.45. The van der Waals surface area contributed by atoms with Crippen molar-refractivity contribution in [3.8, 4) is 0 Å². The van der Waals surface area contributed by atoms with Crippen molar-refractivity contribution in [2.75, 3.05) is 13.7 Å². The molecule has 2 aliphatic rings. The first-order chi connectivity index (χ1) is 11.6. The molecule has 4 atom stereocenters. The van der Waals surface area contributed by atoms with Crippen molar-refractivity contribution < 1.29 is 19.1 Å². The number of methoxy groups -OCH3 is 1. The van der Waals surface area contributed by atoms with E-state index in [4.69, 9.17) is 10.5 Å². The SMILES string of the molecule is C=C[C@@H]1CC1(NC(=O)[C@@H]1CCCN1C(=O)[C@@H](N)C(C)(C)C)C(=O)OC. The molecule has 3 N–H and O–H groups in total. The number of hydrogen-bond donors (Lipinski definition) is 2. The Morgan fingerprint density at radius 2 is 2.04 bits per heavy atom. The van der Waals surface area contributed by atoms with Gasteiger partial charge in [0, 0.05) is 12.5 Å². The molecule has 2 fully saturated rings. The first kappa shape index (κ1) is 19.4. The second-order valence-electron chi connectivity index (χ2n) is 8.03. The lowest BCUT2D eigenvalue weighted by molar-refractivity contribution is -0.148. The van der Waals surface area contributed by atoms with Gasteiger partial charge in [-0.1, -0.05) is 26.8 Å². The van der Waals surface area contributed by atoms with Crippen molar-refractivity contribution in [1.82, 2.24) is 10.2 Å². The number of amides is 2. The van der Waals surface area contributed by atoms with Gasteiger partial charge in [-0.25, -0.2) is 4.79 Å².